The Hall–Kier alpha value is -2.05. The van der Waals surface area contributed by atoms with Crippen LogP contribution >= 0.6 is 0 Å². The van der Waals surface area contributed by atoms with E-state index in [1.54, 1.807) is 18.7 Å². The van der Waals surface area contributed by atoms with Gasteiger partial charge in [-0.3, -0.25) is 9.13 Å². The predicted molar refractivity (Wildman–Crippen MR) is 56.9 cm³/mol. The van der Waals surface area contributed by atoms with Gasteiger partial charge in [-0.05, 0) is 0 Å². The van der Waals surface area contributed by atoms with Crippen LogP contribution in [0.3, 0.4) is 0 Å². The monoisotopic (exact) mass is 224 g/mol. The van der Waals surface area contributed by atoms with Crippen molar-refractivity contribution in [1.82, 2.24) is 19.1 Å². The van der Waals surface area contributed by atoms with Crippen LogP contribution in [0.25, 0.3) is 11.2 Å². The van der Waals surface area contributed by atoms with Crippen LogP contribution in [0.1, 0.15) is 0 Å². The van der Waals surface area contributed by atoms with E-state index in [0.29, 0.717) is 17.2 Å². The summed E-state index contributed by atoms with van der Waals surface area (Å²) in [6.07, 6.45) is 0. The summed E-state index contributed by atoms with van der Waals surface area (Å²) in [6.45, 7) is 0. The van der Waals surface area contributed by atoms with E-state index in [1.807, 2.05) is 0 Å². The summed E-state index contributed by atoms with van der Waals surface area (Å²) in [5.74, 6) is 0.247. The van der Waals surface area contributed by atoms with E-state index in [9.17, 15) is 4.79 Å². The second-order valence-corrected chi connectivity index (χ2v) is 3.29. The molecule has 2 rings (SSSR count). The maximum Gasteiger partial charge on any atom is 0.352 e. The molecule has 86 valence electrons. The van der Waals surface area contributed by atoms with E-state index >= 15 is 0 Å². The van der Waals surface area contributed by atoms with Gasteiger partial charge < -0.3 is 9.47 Å². The Morgan fingerprint density at radius 2 is 1.75 bits per heavy atom. The zero-order chi connectivity index (χ0) is 11.9. The first-order valence-corrected chi connectivity index (χ1v) is 4.61. The molecule has 0 amide bonds. The van der Waals surface area contributed by atoms with Crippen molar-refractivity contribution < 1.29 is 9.47 Å². The molecule has 0 spiro atoms. The summed E-state index contributed by atoms with van der Waals surface area (Å²) in [5.41, 5.74) is 0.697. The molecule has 0 radical (unpaired) electrons. The summed E-state index contributed by atoms with van der Waals surface area (Å²) >= 11 is 0. The second-order valence-electron chi connectivity index (χ2n) is 3.29. The van der Waals surface area contributed by atoms with Gasteiger partial charge in [-0.1, -0.05) is 0 Å². The van der Waals surface area contributed by atoms with E-state index in [2.05, 4.69) is 9.97 Å². The van der Waals surface area contributed by atoms with Crippen molar-refractivity contribution >= 4 is 11.2 Å². The van der Waals surface area contributed by atoms with E-state index in [1.165, 1.54) is 18.8 Å². The first-order valence-electron chi connectivity index (χ1n) is 4.61. The lowest BCUT2D eigenvalue weighted by Crippen LogP contribution is -2.21. The molecule has 0 fully saturated rings. The van der Waals surface area contributed by atoms with Crippen molar-refractivity contribution in [3.05, 3.63) is 10.5 Å². The number of hydrogen-bond acceptors (Lipinski definition) is 5. The molecule has 2 aromatic rings. The van der Waals surface area contributed by atoms with Crippen molar-refractivity contribution in [2.75, 3.05) is 14.2 Å². The lowest BCUT2D eigenvalue weighted by Gasteiger charge is -2.04. The first-order chi connectivity index (χ1) is 7.60. The van der Waals surface area contributed by atoms with Crippen LogP contribution in [-0.2, 0) is 14.1 Å². The maximum absolute atomic E-state index is 11.5. The normalized spacial score (nSPS) is 10.8. The van der Waals surface area contributed by atoms with Crippen molar-refractivity contribution in [3.8, 4) is 11.9 Å². The number of hydrogen-bond donors (Lipinski definition) is 0. The number of methoxy groups -OCH3 is 2. The molecule has 0 saturated heterocycles. The van der Waals surface area contributed by atoms with Crippen LogP contribution in [-0.4, -0.2) is 33.3 Å². The molecule has 0 aliphatic carbocycles. The third-order valence-electron chi connectivity index (χ3n) is 2.42. The van der Waals surface area contributed by atoms with Crippen LogP contribution in [0.5, 0.6) is 11.9 Å². The molecule has 16 heavy (non-hydrogen) atoms. The number of aryl methyl sites for hydroxylation is 2. The highest BCUT2D eigenvalue weighted by atomic mass is 16.5. The third kappa shape index (κ3) is 1.24. The number of ether oxygens (including phenoxy) is 2. The van der Waals surface area contributed by atoms with Crippen LogP contribution < -0.4 is 15.2 Å². The fourth-order valence-corrected chi connectivity index (χ4v) is 1.57. The molecular weight excluding hydrogens is 212 g/mol. The summed E-state index contributed by atoms with van der Waals surface area (Å²) in [4.78, 5) is 19.5. The summed E-state index contributed by atoms with van der Waals surface area (Å²) < 4.78 is 13.2. The zero-order valence-corrected chi connectivity index (χ0v) is 9.51. The van der Waals surface area contributed by atoms with Crippen LogP contribution in [0, 0.1) is 0 Å². The predicted octanol–water partition coefficient (Wildman–Crippen LogP) is -0.316. The minimum absolute atomic E-state index is 0.247. The van der Waals surface area contributed by atoms with Gasteiger partial charge in [0, 0.05) is 14.1 Å². The molecule has 2 heterocycles. The highest BCUT2D eigenvalue weighted by Gasteiger charge is 2.17. The van der Waals surface area contributed by atoms with E-state index in [4.69, 9.17) is 9.47 Å². The molecule has 0 bridgehead atoms. The fraction of sp³-hybridized carbons (Fsp3) is 0.444. The zero-order valence-electron chi connectivity index (χ0n) is 9.51. The van der Waals surface area contributed by atoms with Gasteiger partial charge >= 0.3 is 5.69 Å². The summed E-state index contributed by atoms with van der Waals surface area (Å²) in [7, 11) is 6.34. The Labute approximate surface area is 91.2 Å². The van der Waals surface area contributed by atoms with Crippen LogP contribution in [0.2, 0.25) is 0 Å². The van der Waals surface area contributed by atoms with E-state index < -0.39 is 5.69 Å². The Morgan fingerprint density at radius 1 is 1.06 bits per heavy atom. The van der Waals surface area contributed by atoms with Gasteiger partial charge in [-0.15, -0.1) is 0 Å². The topological polar surface area (TPSA) is 71.2 Å². The van der Waals surface area contributed by atoms with Crippen molar-refractivity contribution in [2.24, 2.45) is 14.1 Å². The van der Waals surface area contributed by atoms with Crippen LogP contribution in [0.15, 0.2) is 4.79 Å². The Balaban J connectivity index is 2.96. The Kier molecular flexibility index (Phi) is 2.30. The lowest BCUT2D eigenvalue weighted by molar-refractivity contribution is 0.366. The minimum Gasteiger partial charge on any atom is -0.479 e. The molecule has 7 nitrogen and oxygen atoms in total. The Bertz CT molecular complexity index is 599. The molecule has 2 aromatic heterocycles. The average Bonchev–Trinajstić information content (AvgIpc) is 2.61. The molecule has 0 saturated carbocycles. The number of nitrogens with zero attached hydrogens (tertiary/aromatic N) is 4. The van der Waals surface area contributed by atoms with E-state index in [0.717, 1.165) is 0 Å². The smallest absolute Gasteiger partial charge is 0.352 e. The molecule has 0 unspecified atom stereocenters. The number of imidazole rings is 1. The fourth-order valence-electron chi connectivity index (χ4n) is 1.57. The molecule has 0 aromatic carbocycles. The SMILES string of the molecule is COc1nc(=O)n(C)c2nc(OC)n(C)c12. The highest BCUT2D eigenvalue weighted by molar-refractivity contribution is 5.78. The van der Waals surface area contributed by atoms with Crippen LogP contribution in [0.4, 0.5) is 0 Å². The molecule has 7 heteroatoms. The third-order valence-corrected chi connectivity index (χ3v) is 2.42. The van der Waals surface area contributed by atoms with Crippen molar-refractivity contribution in [3.63, 3.8) is 0 Å². The van der Waals surface area contributed by atoms with Crippen molar-refractivity contribution in [1.29, 1.82) is 0 Å². The number of fused-ring (bicyclic) bond motifs is 1. The second kappa shape index (κ2) is 3.51. The summed E-state index contributed by atoms with van der Waals surface area (Å²) in [6, 6.07) is 0.399. The average molecular weight is 224 g/mol. The van der Waals surface area contributed by atoms with Gasteiger partial charge in [0.25, 0.3) is 6.01 Å². The Morgan fingerprint density at radius 3 is 2.31 bits per heavy atom. The first kappa shape index (κ1) is 10.5. The standard InChI is InChI=1S/C9H12N4O3/c1-12-5-6(10-9(12)16-4)13(2)8(14)11-7(5)15-3/h1-4H3. The van der Waals surface area contributed by atoms with E-state index in [-0.39, 0.29) is 5.88 Å². The van der Waals surface area contributed by atoms with Gasteiger partial charge in [0.15, 0.2) is 11.2 Å². The molecule has 0 N–H and O–H groups in total. The molecule has 0 aliphatic rings. The minimum atomic E-state index is -0.412. The van der Waals surface area contributed by atoms with Crippen molar-refractivity contribution in [2.45, 2.75) is 0 Å². The quantitative estimate of drug-likeness (QED) is 0.699. The van der Waals surface area contributed by atoms with Gasteiger partial charge in [-0.25, -0.2) is 4.79 Å². The number of aromatic nitrogens is 4. The lowest BCUT2D eigenvalue weighted by atomic mass is 10.5. The van der Waals surface area contributed by atoms with Gasteiger partial charge in [0.2, 0.25) is 5.88 Å². The molecule has 0 atom stereocenters. The van der Waals surface area contributed by atoms with Gasteiger partial charge in [-0.2, -0.15) is 9.97 Å². The maximum atomic E-state index is 11.5. The number of rotatable bonds is 2. The summed E-state index contributed by atoms with van der Waals surface area (Å²) in [5, 5.41) is 0. The molecular formula is C9H12N4O3. The molecule has 0 aliphatic heterocycles. The highest BCUT2D eigenvalue weighted by Crippen LogP contribution is 2.24. The largest absolute Gasteiger partial charge is 0.479 e. The van der Waals surface area contributed by atoms with Gasteiger partial charge in [0.1, 0.15) is 0 Å². The van der Waals surface area contributed by atoms with Gasteiger partial charge in [0.05, 0.1) is 14.2 Å².